The van der Waals surface area contributed by atoms with E-state index < -0.39 is 0 Å². The summed E-state index contributed by atoms with van der Waals surface area (Å²) in [5.41, 5.74) is 1.41. The third-order valence-corrected chi connectivity index (χ3v) is 3.46. The topological polar surface area (TPSA) is 56.5 Å². The van der Waals surface area contributed by atoms with E-state index in [4.69, 9.17) is 4.74 Å². The van der Waals surface area contributed by atoms with Crippen molar-refractivity contribution in [3.63, 3.8) is 0 Å². The quantitative estimate of drug-likeness (QED) is 0.669. The summed E-state index contributed by atoms with van der Waals surface area (Å²) in [5, 5.41) is 1.88. The van der Waals surface area contributed by atoms with Crippen molar-refractivity contribution < 1.29 is 9.53 Å². The number of nitrogens with zero attached hydrogens (tertiary/aromatic N) is 3. The number of aromatic nitrogens is 3. The Balaban J connectivity index is 1.71. The van der Waals surface area contributed by atoms with E-state index in [1.807, 2.05) is 29.8 Å². The number of ether oxygens (including phenoxy) is 1. The lowest BCUT2D eigenvalue weighted by atomic mass is 10.3. The van der Waals surface area contributed by atoms with Crippen LogP contribution in [0.5, 0.6) is 5.88 Å². The highest BCUT2D eigenvalue weighted by molar-refractivity contribution is 7.15. The molecule has 0 aliphatic heterocycles. The van der Waals surface area contributed by atoms with E-state index in [1.165, 1.54) is 11.3 Å². The van der Waals surface area contributed by atoms with Gasteiger partial charge in [-0.15, -0.1) is 11.3 Å². The van der Waals surface area contributed by atoms with Gasteiger partial charge in [0.15, 0.2) is 16.9 Å². The van der Waals surface area contributed by atoms with Gasteiger partial charge in [0, 0.05) is 29.9 Å². The molecule has 0 fully saturated rings. The lowest BCUT2D eigenvalue weighted by molar-refractivity contribution is 0.111. The fourth-order valence-corrected chi connectivity index (χ4v) is 2.51. The maximum atomic E-state index is 11.1. The molecule has 0 spiro atoms. The molecule has 0 radical (unpaired) electrons. The van der Waals surface area contributed by atoms with Crippen LogP contribution in [0.1, 0.15) is 16.2 Å². The van der Waals surface area contributed by atoms with Crippen molar-refractivity contribution in [2.45, 2.75) is 6.42 Å². The summed E-state index contributed by atoms with van der Waals surface area (Å²) in [4.78, 5) is 20.3. The van der Waals surface area contributed by atoms with Gasteiger partial charge in [-0.2, -0.15) is 4.98 Å². The predicted octanol–water partition coefficient (Wildman–Crippen LogP) is 2.22. The first-order chi connectivity index (χ1) is 9.38. The highest BCUT2D eigenvalue weighted by Crippen LogP contribution is 2.21. The fraction of sp³-hybridized carbons (Fsp3) is 0.154. The Labute approximate surface area is 113 Å². The zero-order chi connectivity index (χ0) is 13.1. The van der Waals surface area contributed by atoms with Gasteiger partial charge in [-0.05, 0) is 12.1 Å². The number of imidazole rings is 1. The van der Waals surface area contributed by atoms with E-state index in [1.54, 1.807) is 10.6 Å². The second-order valence-corrected chi connectivity index (χ2v) is 4.77. The molecule has 0 saturated carbocycles. The third kappa shape index (κ3) is 2.34. The Bertz CT molecular complexity index is 690. The summed E-state index contributed by atoms with van der Waals surface area (Å²) in [5.74, 6) is 0.387. The number of hydrogen-bond acceptors (Lipinski definition) is 5. The first kappa shape index (κ1) is 11.9. The number of fused-ring (bicyclic) bond motifs is 1. The Hall–Kier alpha value is -2.21. The van der Waals surface area contributed by atoms with Crippen molar-refractivity contribution in [3.05, 3.63) is 47.4 Å². The van der Waals surface area contributed by atoms with Gasteiger partial charge < -0.3 is 4.74 Å². The van der Waals surface area contributed by atoms with E-state index in [0.29, 0.717) is 24.6 Å². The van der Waals surface area contributed by atoms with Gasteiger partial charge in [0.05, 0.1) is 6.61 Å². The number of hydrogen-bond donors (Lipinski definition) is 0. The molecule has 19 heavy (non-hydrogen) atoms. The number of carbonyl (C=O) groups is 1. The van der Waals surface area contributed by atoms with Gasteiger partial charge in [-0.25, -0.2) is 0 Å². The monoisotopic (exact) mass is 273 g/mol. The van der Waals surface area contributed by atoms with Crippen LogP contribution in [0.25, 0.3) is 4.96 Å². The van der Waals surface area contributed by atoms with Crippen LogP contribution < -0.4 is 4.74 Å². The standard InChI is InChI=1S/C13H11N3O2S/c17-9-11-12(15-13-16(11)6-8-19-13)18-7-4-10-3-1-2-5-14-10/h1-3,5-6,8-9H,4,7H2. The molecule has 3 rings (SSSR count). The first-order valence-electron chi connectivity index (χ1n) is 5.82. The molecule has 6 heteroatoms. The fourth-order valence-electron chi connectivity index (χ4n) is 1.80. The summed E-state index contributed by atoms with van der Waals surface area (Å²) in [6.07, 6.45) is 5.01. The molecular weight excluding hydrogens is 262 g/mol. The molecule has 0 aromatic carbocycles. The van der Waals surface area contributed by atoms with Crippen molar-refractivity contribution in [1.82, 2.24) is 14.4 Å². The molecule has 3 aromatic heterocycles. The van der Waals surface area contributed by atoms with Crippen molar-refractivity contribution in [3.8, 4) is 5.88 Å². The van der Waals surface area contributed by atoms with Crippen LogP contribution >= 0.6 is 11.3 Å². The first-order valence-corrected chi connectivity index (χ1v) is 6.70. The smallest absolute Gasteiger partial charge is 0.244 e. The molecule has 0 amide bonds. The number of thiazole rings is 1. The van der Waals surface area contributed by atoms with Crippen LogP contribution in [0.3, 0.4) is 0 Å². The molecule has 3 heterocycles. The van der Waals surface area contributed by atoms with E-state index >= 15 is 0 Å². The van der Waals surface area contributed by atoms with Gasteiger partial charge in [-0.3, -0.25) is 14.2 Å². The number of aldehydes is 1. The van der Waals surface area contributed by atoms with Crippen LogP contribution in [0.2, 0.25) is 0 Å². The summed E-state index contributed by atoms with van der Waals surface area (Å²) in [6.45, 7) is 0.447. The molecule has 0 N–H and O–H groups in total. The van der Waals surface area contributed by atoms with Crippen molar-refractivity contribution in [2.75, 3.05) is 6.61 Å². The highest BCUT2D eigenvalue weighted by atomic mass is 32.1. The van der Waals surface area contributed by atoms with Gasteiger partial charge in [-0.1, -0.05) is 6.07 Å². The summed E-state index contributed by atoms with van der Waals surface area (Å²) < 4.78 is 7.31. The van der Waals surface area contributed by atoms with Crippen molar-refractivity contribution in [1.29, 1.82) is 0 Å². The number of carbonyl (C=O) groups excluding carboxylic acids is 1. The van der Waals surface area contributed by atoms with E-state index in [9.17, 15) is 4.79 Å². The minimum atomic E-state index is 0.387. The molecule has 0 saturated heterocycles. The van der Waals surface area contributed by atoms with E-state index in [0.717, 1.165) is 16.9 Å². The maximum absolute atomic E-state index is 11.1. The van der Waals surface area contributed by atoms with Gasteiger partial charge in [0.2, 0.25) is 5.88 Å². The normalized spacial score (nSPS) is 10.7. The maximum Gasteiger partial charge on any atom is 0.244 e. The predicted molar refractivity (Wildman–Crippen MR) is 71.9 cm³/mol. The molecule has 3 aromatic rings. The van der Waals surface area contributed by atoms with Crippen LogP contribution in [-0.2, 0) is 6.42 Å². The second kappa shape index (κ2) is 5.19. The molecule has 0 aliphatic carbocycles. The second-order valence-electron chi connectivity index (χ2n) is 3.90. The molecule has 96 valence electrons. The lowest BCUT2D eigenvalue weighted by Gasteiger charge is -2.03. The molecule has 0 bridgehead atoms. The van der Waals surface area contributed by atoms with Gasteiger partial charge in [0.25, 0.3) is 0 Å². The van der Waals surface area contributed by atoms with Gasteiger partial charge >= 0.3 is 0 Å². The SMILES string of the molecule is O=Cc1c(OCCc2ccccn2)nc2sccn12. The average molecular weight is 273 g/mol. The van der Waals surface area contributed by atoms with E-state index in [-0.39, 0.29) is 0 Å². The summed E-state index contributed by atoms with van der Waals surface area (Å²) in [7, 11) is 0. The highest BCUT2D eigenvalue weighted by Gasteiger charge is 2.13. The van der Waals surface area contributed by atoms with E-state index in [2.05, 4.69) is 9.97 Å². The van der Waals surface area contributed by atoms with Crippen LogP contribution in [0.4, 0.5) is 0 Å². The largest absolute Gasteiger partial charge is 0.476 e. The minimum absolute atomic E-state index is 0.387. The molecule has 5 nitrogen and oxygen atoms in total. The van der Waals surface area contributed by atoms with Crippen LogP contribution in [-0.4, -0.2) is 27.3 Å². The van der Waals surface area contributed by atoms with Crippen molar-refractivity contribution >= 4 is 22.6 Å². The molecule has 0 atom stereocenters. The van der Waals surface area contributed by atoms with Crippen molar-refractivity contribution in [2.24, 2.45) is 0 Å². The van der Waals surface area contributed by atoms with Gasteiger partial charge in [0.1, 0.15) is 0 Å². The Morgan fingerprint density at radius 3 is 3.16 bits per heavy atom. The molecule has 0 unspecified atom stereocenters. The zero-order valence-corrected chi connectivity index (χ0v) is 10.8. The number of rotatable bonds is 5. The molecular formula is C13H11N3O2S. The lowest BCUT2D eigenvalue weighted by Crippen LogP contribution is -2.04. The number of pyridine rings is 1. The van der Waals surface area contributed by atoms with Crippen LogP contribution in [0.15, 0.2) is 36.0 Å². The molecule has 0 aliphatic rings. The Morgan fingerprint density at radius 1 is 1.42 bits per heavy atom. The summed E-state index contributed by atoms with van der Waals surface area (Å²) >= 11 is 1.47. The van der Waals surface area contributed by atoms with Crippen LogP contribution in [0, 0.1) is 0 Å². The Morgan fingerprint density at radius 2 is 2.37 bits per heavy atom. The Kier molecular flexibility index (Phi) is 3.24. The summed E-state index contributed by atoms with van der Waals surface area (Å²) in [6, 6.07) is 5.75. The average Bonchev–Trinajstić information content (AvgIpc) is 3.00. The zero-order valence-electron chi connectivity index (χ0n) is 10.0. The third-order valence-electron chi connectivity index (χ3n) is 2.70. The minimum Gasteiger partial charge on any atom is -0.476 e.